The number of rotatable bonds is 2. The molecule has 0 bridgehead atoms. The second kappa shape index (κ2) is 5.69. The summed E-state index contributed by atoms with van der Waals surface area (Å²) < 4.78 is 26.6. The standard InChI is InChI=1S/C17H13F2N3O/c18-12-1-2-15(11-3-10(7-20)4-14(21)5-11)16(6-12)17(23)22-8-13(19)9-22/h1-6,13H,8-9,21H2. The molecule has 2 N–H and O–H groups in total. The van der Waals surface area contributed by atoms with E-state index in [9.17, 15) is 13.6 Å². The van der Waals surface area contributed by atoms with Gasteiger partial charge in [0.15, 0.2) is 0 Å². The fraction of sp³-hybridized carbons (Fsp3) is 0.176. The van der Waals surface area contributed by atoms with Gasteiger partial charge >= 0.3 is 0 Å². The Morgan fingerprint density at radius 2 is 2.00 bits per heavy atom. The maximum Gasteiger partial charge on any atom is 0.254 e. The van der Waals surface area contributed by atoms with Gasteiger partial charge in [-0.1, -0.05) is 6.07 Å². The third-order valence-corrected chi connectivity index (χ3v) is 3.73. The van der Waals surface area contributed by atoms with Crippen molar-refractivity contribution in [3.63, 3.8) is 0 Å². The Labute approximate surface area is 131 Å². The van der Waals surface area contributed by atoms with E-state index < -0.39 is 17.9 Å². The largest absolute Gasteiger partial charge is 0.399 e. The van der Waals surface area contributed by atoms with Crippen molar-refractivity contribution in [2.24, 2.45) is 0 Å². The predicted octanol–water partition coefficient (Wildman–Crippen LogP) is 2.74. The topological polar surface area (TPSA) is 70.1 Å². The number of nitriles is 1. The number of hydrogen-bond acceptors (Lipinski definition) is 3. The van der Waals surface area contributed by atoms with Crippen LogP contribution < -0.4 is 5.73 Å². The maximum atomic E-state index is 13.6. The van der Waals surface area contributed by atoms with Gasteiger partial charge in [0.05, 0.1) is 30.3 Å². The highest BCUT2D eigenvalue weighted by atomic mass is 19.1. The number of anilines is 1. The van der Waals surface area contributed by atoms with Gasteiger partial charge in [0.25, 0.3) is 5.91 Å². The van der Waals surface area contributed by atoms with Gasteiger partial charge in [-0.15, -0.1) is 0 Å². The minimum Gasteiger partial charge on any atom is -0.399 e. The zero-order valence-corrected chi connectivity index (χ0v) is 12.1. The average molecular weight is 313 g/mol. The van der Waals surface area contributed by atoms with Crippen LogP contribution in [-0.4, -0.2) is 30.1 Å². The van der Waals surface area contributed by atoms with E-state index in [4.69, 9.17) is 11.0 Å². The SMILES string of the molecule is N#Cc1cc(N)cc(-c2ccc(F)cc2C(=O)N2CC(F)C2)c1. The third kappa shape index (κ3) is 2.86. The predicted molar refractivity (Wildman–Crippen MR) is 81.8 cm³/mol. The first-order valence-electron chi connectivity index (χ1n) is 7.02. The molecule has 4 nitrogen and oxygen atoms in total. The lowest BCUT2D eigenvalue weighted by atomic mass is 9.96. The molecule has 0 spiro atoms. The van der Waals surface area contributed by atoms with Gasteiger partial charge in [0.2, 0.25) is 0 Å². The van der Waals surface area contributed by atoms with E-state index in [1.54, 1.807) is 12.1 Å². The molecule has 0 radical (unpaired) electrons. The summed E-state index contributed by atoms with van der Waals surface area (Å²) in [7, 11) is 0. The molecule has 1 heterocycles. The molecule has 0 unspecified atom stereocenters. The first-order chi connectivity index (χ1) is 11.0. The van der Waals surface area contributed by atoms with Gasteiger partial charge < -0.3 is 10.6 Å². The zero-order chi connectivity index (χ0) is 16.6. The molecular formula is C17H13F2N3O. The van der Waals surface area contributed by atoms with Crippen molar-refractivity contribution < 1.29 is 13.6 Å². The van der Waals surface area contributed by atoms with E-state index >= 15 is 0 Å². The van der Waals surface area contributed by atoms with Crippen molar-refractivity contribution in [1.82, 2.24) is 4.90 Å². The molecule has 1 aliphatic heterocycles. The summed E-state index contributed by atoms with van der Waals surface area (Å²) in [6.45, 7) is 0.0182. The number of nitrogen functional groups attached to an aromatic ring is 1. The summed E-state index contributed by atoms with van der Waals surface area (Å²) in [6, 6.07) is 10.5. The molecule has 6 heteroatoms. The first kappa shape index (κ1) is 15.0. The summed E-state index contributed by atoms with van der Waals surface area (Å²) >= 11 is 0. The average Bonchev–Trinajstić information content (AvgIpc) is 2.50. The van der Waals surface area contributed by atoms with Crippen molar-refractivity contribution in [2.45, 2.75) is 6.17 Å². The Morgan fingerprint density at radius 1 is 1.26 bits per heavy atom. The summed E-state index contributed by atoms with van der Waals surface area (Å²) in [6.07, 6.45) is -1.03. The van der Waals surface area contributed by atoms with Crippen LogP contribution in [0.1, 0.15) is 15.9 Å². The number of nitrogens with zero attached hydrogens (tertiary/aromatic N) is 2. The van der Waals surface area contributed by atoms with Crippen LogP contribution in [0, 0.1) is 17.1 Å². The van der Waals surface area contributed by atoms with Crippen LogP contribution in [0.3, 0.4) is 0 Å². The molecule has 3 rings (SSSR count). The molecule has 1 amide bonds. The number of alkyl halides is 1. The smallest absolute Gasteiger partial charge is 0.254 e. The number of hydrogen-bond donors (Lipinski definition) is 1. The molecule has 2 aromatic rings. The van der Waals surface area contributed by atoms with Gasteiger partial charge in [0, 0.05) is 5.69 Å². The van der Waals surface area contributed by atoms with Crippen LogP contribution in [0.25, 0.3) is 11.1 Å². The molecule has 0 saturated carbocycles. The number of carbonyl (C=O) groups is 1. The number of halogens is 2. The second-order valence-corrected chi connectivity index (χ2v) is 5.45. The summed E-state index contributed by atoms with van der Waals surface area (Å²) in [5.74, 6) is -0.992. The number of likely N-dealkylation sites (tertiary alicyclic amines) is 1. The minimum absolute atomic E-state index is 0.00909. The number of amides is 1. The highest BCUT2D eigenvalue weighted by Gasteiger charge is 2.32. The molecule has 1 saturated heterocycles. The van der Waals surface area contributed by atoms with Crippen molar-refractivity contribution >= 4 is 11.6 Å². The molecule has 1 aliphatic rings. The van der Waals surface area contributed by atoms with Gasteiger partial charge in [0.1, 0.15) is 12.0 Å². The number of carbonyl (C=O) groups excluding carboxylic acids is 1. The van der Waals surface area contributed by atoms with Crippen LogP contribution in [0.2, 0.25) is 0 Å². The van der Waals surface area contributed by atoms with Gasteiger partial charge in [-0.05, 0) is 41.5 Å². The van der Waals surface area contributed by atoms with E-state index in [0.29, 0.717) is 22.4 Å². The van der Waals surface area contributed by atoms with E-state index in [0.717, 1.165) is 6.07 Å². The highest BCUT2D eigenvalue weighted by molar-refractivity contribution is 6.01. The Hall–Kier alpha value is -2.94. The quantitative estimate of drug-likeness (QED) is 0.867. The lowest BCUT2D eigenvalue weighted by Crippen LogP contribution is -2.51. The molecule has 0 aromatic heterocycles. The maximum absolute atomic E-state index is 13.6. The van der Waals surface area contributed by atoms with E-state index in [1.807, 2.05) is 6.07 Å². The van der Waals surface area contributed by atoms with Gasteiger partial charge in [-0.25, -0.2) is 8.78 Å². The summed E-state index contributed by atoms with van der Waals surface area (Å²) in [4.78, 5) is 13.8. The number of nitrogens with two attached hydrogens (primary N) is 1. The Balaban J connectivity index is 2.08. The number of benzene rings is 2. The Kier molecular flexibility index (Phi) is 3.70. The fourth-order valence-electron chi connectivity index (χ4n) is 2.58. The molecule has 2 aromatic carbocycles. The van der Waals surface area contributed by atoms with Crippen LogP contribution in [-0.2, 0) is 0 Å². The Morgan fingerprint density at radius 3 is 2.65 bits per heavy atom. The van der Waals surface area contributed by atoms with Gasteiger partial charge in [-0.2, -0.15) is 5.26 Å². The highest BCUT2D eigenvalue weighted by Crippen LogP contribution is 2.29. The molecule has 0 aliphatic carbocycles. The fourth-order valence-corrected chi connectivity index (χ4v) is 2.58. The van der Waals surface area contributed by atoms with E-state index in [2.05, 4.69) is 0 Å². The van der Waals surface area contributed by atoms with Crippen molar-refractivity contribution in [3.8, 4) is 17.2 Å². The van der Waals surface area contributed by atoms with Crippen molar-refractivity contribution in [1.29, 1.82) is 5.26 Å². The van der Waals surface area contributed by atoms with Crippen LogP contribution >= 0.6 is 0 Å². The van der Waals surface area contributed by atoms with Crippen LogP contribution in [0.5, 0.6) is 0 Å². The molecular weight excluding hydrogens is 300 g/mol. The Bertz CT molecular complexity index is 823. The minimum atomic E-state index is -1.03. The second-order valence-electron chi connectivity index (χ2n) is 5.45. The van der Waals surface area contributed by atoms with Gasteiger partial charge in [-0.3, -0.25) is 4.79 Å². The van der Waals surface area contributed by atoms with E-state index in [-0.39, 0.29) is 18.7 Å². The molecule has 1 fully saturated rings. The normalized spacial score (nSPS) is 14.2. The van der Waals surface area contributed by atoms with Crippen molar-refractivity contribution in [2.75, 3.05) is 18.8 Å². The van der Waals surface area contributed by atoms with Crippen LogP contribution in [0.4, 0.5) is 14.5 Å². The third-order valence-electron chi connectivity index (χ3n) is 3.73. The van der Waals surface area contributed by atoms with E-state index in [1.165, 1.54) is 23.1 Å². The first-order valence-corrected chi connectivity index (χ1v) is 7.02. The lowest BCUT2D eigenvalue weighted by molar-refractivity contribution is 0.0400. The summed E-state index contributed by atoms with van der Waals surface area (Å²) in [5.41, 5.74) is 7.62. The van der Waals surface area contributed by atoms with Crippen LogP contribution in [0.15, 0.2) is 36.4 Å². The zero-order valence-electron chi connectivity index (χ0n) is 12.1. The van der Waals surface area contributed by atoms with Crippen molar-refractivity contribution in [3.05, 3.63) is 53.3 Å². The lowest BCUT2D eigenvalue weighted by Gasteiger charge is -2.34. The monoisotopic (exact) mass is 313 g/mol. The molecule has 0 atom stereocenters. The molecule has 116 valence electrons. The summed E-state index contributed by atoms with van der Waals surface area (Å²) in [5, 5.41) is 9.04. The molecule has 23 heavy (non-hydrogen) atoms.